The highest BCUT2D eigenvalue weighted by atomic mass is 16.5. The van der Waals surface area contributed by atoms with Crippen LogP contribution in [-0.2, 0) is 0 Å². The highest BCUT2D eigenvalue weighted by Crippen LogP contribution is 2.23. The van der Waals surface area contributed by atoms with Crippen LogP contribution >= 0.6 is 0 Å². The van der Waals surface area contributed by atoms with E-state index in [4.69, 9.17) is 10.5 Å². The van der Waals surface area contributed by atoms with Gasteiger partial charge in [0.2, 0.25) is 0 Å². The lowest BCUT2D eigenvalue weighted by molar-refractivity contribution is 0.0997. The van der Waals surface area contributed by atoms with Crippen LogP contribution in [0.2, 0.25) is 0 Å². The van der Waals surface area contributed by atoms with Crippen LogP contribution in [0.4, 0.5) is 0 Å². The second-order valence-corrected chi connectivity index (χ2v) is 6.02. The Kier molecular flexibility index (Phi) is 4.36. The number of aromatic nitrogens is 4. The minimum atomic E-state index is -0.749. The van der Waals surface area contributed by atoms with E-state index in [-0.39, 0.29) is 22.7 Å². The van der Waals surface area contributed by atoms with E-state index in [0.717, 1.165) is 0 Å². The van der Waals surface area contributed by atoms with Crippen molar-refractivity contribution in [2.45, 2.75) is 6.92 Å². The Hall–Kier alpha value is -3.94. The van der Waals surface area contributed by atoms with Crippen LogP contribution in [0.1, 0.15) is 17.4 Å². The summed E-state index contributed by atoms with van der Waals surface area (Å²) in [5.41, 5.74) is 6.81. The molecule has 0 spiro atoms. The van der Waals surface area contributed by atoms with E-state index in [0.29, 0.717) is 23.6 Å². The normalized spacial score (nSPS) is 10.9. The Balaban J connectivity index is 1.96. The average molecular weight is 375 g/mol. The first kappa shape index (κ1) is 17.5. The summed E-state index contributed by atoms with van der Waals surface area (Å²) in [5, 5.41) is 0. The van der Waals surface area contributed by atoms with Gasteiger partial charge in [-0.05, 0) is 43.3 Å². The van der Waals surface area contributed by atoms with Crippen LogP contribution in [0.15, 0.2) is 59.4 Å². The standard InChI is InChI=1S/C20H17N5O3/c1-2-28-14-10-8-12(9-11-14)18-22-15(17(21)26)16-19(24-18)25(20(27)23-16)13-6-4-3-5-7-13/h3-11H,2H2,1H3,(H2,21,26)(H,23,27). The third kappa shape index (κ3) is 3.01. The minimum absolute atomic E-state index is 0.0411. The van der Waals surface area contributed by atoms with Crippen LogP contribution in [0.5, 0.6) is 5.75 Å². The number of benzene rings is 2. The molecule has 0 saturated heterocycles. The Bertz CT molecular complexity index is 1210. The zero-order chi connectivity index (χ0) is 19.7. The van der Waals surface area contributed by atoms with Gasteiger partial charge in [0.15, 0.2) is 17.2 Å². The third-order valence-corrected chi connectivity index (χ3v) is 4.21. The molecule has 8 heteroatoms. The molecule has 3 N–H and O–H groups in total. The van der Waals surface area contributed by atoms with Gasteiger partial charge in [-0.15, -0.1) is 0 Å². The molecule has 2 heterocycles. The Morgan fingerprint density at radius 1 is 1.11 bits per heavy atom. The van der Waals surface area contributed by atoms with E-state index in [1.54, 1.807) is 36.4 Å². The molecule has 0 saturated carbocycles. The number of hydrogen-bond donors (Lipinski definition) is 2. The molecule has 2 aromatic carbocycles. The zero-order valence-corrected chi connectivity index (χ0v) is 15.0. The largest absolute Gasteiger partial charge is 0.494 e. The fraction of sp³-hybridized carbons (Fsp3) is 0.100. The van der Waals surface area contributed by atoms with Crippen molar-refractivity contribution in [3.63, 3.8) is 0 Å². The third-order valence-electron chi connectivity index (χ3n) is 4.21. The average Bonchev–Trinajstić information content (AvgIpc) is 3.04. The number of nitrogens with one attached hydrogen (secondary N) is 1. The fourth-order valence-electron chi connectivity index (χ4n) is 2.98. The monoisotopic (exact) mass is 375 g/mol. The molecule has 0 aliphatic rings. The van der Waals surface area contributed by atoms with Gasteiger partial charge in [0.25, 0.3) is 5.91 Å². The van der Waals surface area contributed by atoms with Crippen molar-refractivity contribution in [1.82, 2.24) is 19.5 Å². The van der Waals surface area contributed by atoms with Gasteiger partial charge < -0.3 is 15.5 Å². The molecule has 0 unspecified atom stereocenters. The molecule has 0 aliphatic heterocycles. The molecule has 0 atom stereocenters. The van der Waals surface area contributed by atoms with E-state index in [1.807, 2.05) is 25.1 Å². The number of primary amides is 1. The first-order valence-corrected chi connectivity index (χ1v) is 8.69. The number of aromatic amines is 1. The summed E-state index contributed by atoms with van der Waals surface area (Å²) in [5.74, 6) is 0.249. The summed E-state index contributed by atoms with van der Waals surface area (Å²) in [6.07, 6.45) is 0. The van der Waals surface area contributed by atoms with Crippen LogP contribution in [0.3, 0.4) is 0 Å². The maximum atomic E-state index is 12.5. The van der Waals surface area contributed by atoms with Crippen molar-refractivity contribution in [1.29, 1.82) is 0 Å². The number of rotatable bonds is 5. The molecule has 0 fully saturated rings. The van der Waals surface area contributed by atoms with Gasteiger partial charge in [-0.3, -0.25) is 4.79 Å². The second kappa shape index (κ2) is 6.99. The first-order valence-electron chi connectivity index (χ1n) is 8.69. The number of fused-ring (bicyclic) bond motifs is 1. The van der Waals surface area contributed by atoms with Gasteiger partial charge in [0.05, 0.1) is 12.3 Å². The number of imidazole rings is 1. The molecule has 1 amide bonds. The Morgan fingerprint density at radius 2 is 1.82 bits per heavy atom. The summed E-state index contributed by atoms with van der Waals surface area (Å²) >= 11 is 0. The fourth-order valence-corrected chi connectivity index (χ4v) is 2.98. The molecule has 0 radical (unpaired) electrons. The molecular weight excluding hydrogens is 358 g/mol. The zero-order valence-electron chi connectivity index (χ0n) is 15.0. The number of amides is 1. The van der Waals surface area contributed by atoms with Gasteiger partial charge in [-0.2, -0.15) is 0 Å². The molecule has 2 aromatic heterocycles. The number of para-hydroxylation sites is 1. The van der Waals surface area contributed by atoms with E-state index in [9.17, 15) is 9.59 Å². The lowest BCUT2D eigenvalue weighted by Crippen LogP contribution is -2.15. The van der Waals surface area contributed by atoms with Crippen molar-refractivity contribution < 1.29 is 9.53 Å². The maximum absolute atomic E-state index is 12.5. The van der Waals surface area contributed by atoms with Crippen molar-refractivity contribution in [3.8, 4) is 22.8 Å². The number of ether oxygens (including phenoxy) is 1. The molecular formula is C20H17N5O3. The molecule has 0 bridgehead atoms. The molecule has 4 aromatic rings. The summed E-state index contributed by atoms with van der Waals surface area (Å²) in [4.78, 5) is 36.0. The van der Waals surface area contributed by atoms with Crippen molar-refractivity contribution >= 4 is 17.1 Å². The number of nitrogens with two attached hydrogens (primary N) is 1. The number of nitrogens with zero attached hydrogens (tertiary/aromatic N) is 3. The van der Waals surface area contributed by atoms with Gasteiger partial charge in [0.1, 0.15) is 11.3 Å². The Labute approximate surface area is 159 Å². The van der Waals surface area contributed by atoms with Gasteiger partial charge in [-0.1, -0.05) is 18.2 Å². The van der Waals surface area contributed by atoms with Crippen LogP contribution in [-0.4, -0.2) is 32.0 Å². The summed E-state index contributed by atoms with van der Waals surface area (Å²) < 4.78 is 6.83. The maximum Gasteiger partial charge on any atom is 0.332 e. The lowest BCUT2D eigenvalue weighted by atomic mass is 10.2. The van der Waals surface area contributed by atoms with Crippen molar-refractivity contribution in [2.75, 3.05) is 6.61 Å². The summed E-state index contributed by atoms with van der Waals surface area (Å²) in [6.45, 7) is 2.46. The number of hydrogen-bond acceptors (Lipinski definition) is 5. The predicted molar refractivity (Wildman–Crippen MR) is 105 cm³/mol. The van der Waals surface area contributed by atoms with Crippen LogP contribution in [0.25, 0.3) is 28.2 Å². The van der Waals surface area contributed by atoms with Gasteiger partial charge in [-0.25, -0.2) is 19.3 Å². The molecule has 28 heavy (non-hydrogen) atoms. The van der Waals surface area contributed by atoms with Crippen LogP contribution < -0.4 is 16.2 Å². The first-order chi connectivity index (χ1) is 13.6. The smallest absolute Gasteiger partial charge is 0.332 e. The molecule has 140 valence electrons. The van der Waals surface area contributed by atoms with Gasteiger partial charge in [0, 0.05) is 5.56 Å². The highest BCUT2D eigenvalue weighted by Gasteiger charge is 2.20. The number of carbonyl (C=O) groups excluding carboxylic acids is 1. The predicted octanol–water partition coefficient (Wildman–Crippen LogP) is 2.27. The van der Waals surface area contributed by atoms with E-state index in [1.165, 1.54) is 4.57 Å². The van der Waals surface area contributed by atoms with E-state index in [2.05, 4.69) is 15.0 Å². The second-order valence-electron chi connectivity index (χ2n) is 6.02. The number of H-pyrrole nitrogens is 1. The van der Waals surface area contributed by atoms with E-state index < -0.39 is 11.6 Å². The molecule has 0 aliphatic carbocycles. The van der Waals surface area contributed by atoms with Crippen LogP contribution in [0, 0.1) is 0 Å². The minimum Gasteiger partial charge on any atom is -0.494 e. The Morgan fingerprint density at radius 3 is 2.46 bits per heavy atom. The lowest BCUT2D eigenvalue weighted by Gasteiger charge is -2.07. The highest BCUT2D eigenvalue weighted by molar-refractivity contribution is 6.02. The quantitative estimate of drug-likeness (QED) is 0.555. The van der Waals surface area contributed by atoms with E-state index >= 15 is 0 Å². The summed E-state index contributed by atoms with van der Waals surface area (Å²) in [7, 11) is 0. The number of carbonyl (C=O) groups is 1. The van der Waals surface area contributed by atoms with Gasteiger partial charge >= 0.3 is 5.69 Å². The molecule has 8 nitrogen and oxygen atoms in total. The summed E-state index contributed by atoms with van der Waals surface area (Å²) in [6, 6.07) is 16.2. The SMILES string of the molecule is CCOc1ccc(-c2nc(C(N)=O)c3[nH]c(=O)n(-c4ccccc4)c3n2)cc1. The van der Waals surface area contributed by atoms with Crippen molar-refractivity contribution in [3.05, 3.63) is 70.8 Å². The topological polar surface area (TPSA) is 116 Å². The molecule has 4 rings (SSSR count). The van der Waals surface area contributed by atoms with Crippen molar-refractivity contribution in [2.24, 2.45) is 5.73 Å².